The van der Waals surface area contributed by atoms with E-state index in [1.54, 1.807) is 0 Å². The second-order valence-corrected chi connectivity index (χ2v) is 11.6. The summed E-state index contributed by atoms with van der Waals surface area (Å²) < 4.78 is 21.1. The highest BCUT2D eigenvalue weighted by molar-refractivity contribution is 7.99. The maximum atomic E-state index is 14.8. The van der Waals surface area contributed by atoms with Gasteiger partial charge in [-0.1, -0.05) is 0 Å². The van der Waals surface area contributed by atoms with Crippen LogP contribution in [0.4, 0.5) is 27.5 Å². The lowest BCUT2D eigenvalue weighted by molar-refractivity contribution is -0.123. The fraction of sp³-hybridized carbons (Fsp3) is 0.560. The third kappa shape index (κ3) is 4.43. The smallest absolute Gasteiger partial charge is 0.229 e. The van der Waals surface area contributed by atoms with Crippen LogP contribution in [0.1, 0.15) is 12.8 Å². The van der Waals surface area contributed by atoms with Crippen molar-refractivity contribution >= 4 is 40.8 Å². The molecule has 0 unspecified atom stereocenters. The Morgan fingerprint density at radius 3 is 2.89 bits per heavy atom. The topological polar surface area (TPSA) is 109 Å². The number of nitrogens with zero attached hydrogens (tertiary/aromatic N) is 4. The zero-order valence-corrected chi connectivity index (χ0v) is 21.1. The summed E-state index contributed by atoms with van der Waals surface area (Å²) >= 11 is 1.88. The van der Waals surface area contributed by atoms with E-state index in [4.69, 9.17) is 10.5 Å². The van der Waals surface area contributed by atoms with Crippen LogP contribution in [0.25, 0.3) is 0 Å². The maximum absolute atomic E-state index is 14.8. The van der Waals surface area contributed by atoms with E-state index in [0.29, 0.717) is 11.9 Å². The second kappa shape index (κ2) is 9.59. The summed E-state index contributed by atoms with van der Waals surface area (Å²) in [5.41, 5.74) is 7.63. The number of piperazine rings is 1. The van der Waals surface area contributed by atoms with Gasteiger partial charge in [-0.2, -0.15) is 16.7 Å². The molecule has 0 spiro atoms. The van der Waals surface area contributed by atoms with Gasteiger partial charge in [0.15, 0.2) is 11.6 Å². The summed E-state index contributed by atoms with van der Waals surface area (Å²) in [5, 5.41) is 6.81. The largest absolute Gasteiger partial charge is 0.490 e. The van der Waals surface area contributed by atoms with Crippen LogP contribution in [0.15, 0.2) is 24.4 Å². The SMILES string of the molecule is CN1CCN(c2ccc3cc2OCCS[C@@H]2C[C@H]4C[C@H]2[C@@H](Nc2nc(ncc2F)N3)[C@H]4C(N)=O)CC1. The van der Waals surface area contributed by atoms with Gasteiger partial charge in [0.1, 0.15) is 5.75 Å². The van der Waals surface area contributed by atoms with Crippen LogP contribution in [0.3, 0.4) is 0 Å². The average Bonchev–Trinajstić information content (AvgIpc) is 3.42. The molecule has 192 valence electrons. The summed E-state index contributed by atoms with van der Waals surface area (Å²) in [6.45, 7) is 4.48. The predicted molar refractivity (Wildman–Crippen MR) is 139 cm³/mol. The number of anilines is 4. The Morgan fingerprint density at radius 2 is 2.08 bits per heavy atom. The molecule has 0 radical (unpaired) electrons. The number of halogens is 1. The Labute approximate surface area is 214 Å². The lowest BCUT2D eigenvalue weighted by Gasteiger charge is -2.35. The summed E-state index contributed by atoms with van der Waals surface area (Å²) in [6, 6.07) is 5.76. The molecule has 3 heterocycles. The molecule has 2 saturated carbocycles. The number of fused-ring (bicyclic) bond motifs is 5. The number of nitrogens with one attached hydrogen (secondary N) is 2. The Kier molecular flexibility index (Phi) is 6.28. The first-order valence-corrected chi connectivity index (χ1v) is 13.7. The van der Waals surface area contributed by atoms with Gasteiger partial charge in [-0.25, -0.2) is 9.37 Å². The quantitative estimate of drug-likeness (QED) is 0.558. The number of amides is 1. The van der Waals surface area contributed by atoms with E-state index in [1.165, 1.54) is 0 Å². The van der Waals surface area contributed by atoms with Crippen molar-refractivity contribution in [1.29, 1.82) is 0 Å². The first kappa shape index (κ1) is 23.6. The van der Waals surface area contributed by atoms with Crippen LogP contribution in [0, 0.1) is 23.6 Å². The Hall–Kier alpha value is -2.79. The molecule has 1 saturated heterocycles. The van der Waals surface area contributed by atoms with E-state index in [-0.39, 0.29) is 41.5 Å². The van der Waals surface area contributed by atoms with Gasteiger partial charge >= 0.3 is 0 Å². The minimum atomic E-state index is -0.547. The van der Waals surface area contributed by atoms with E-state index in [9.17, 15) is 9.18 Å². The number of benzene rings is 1. The van der Waals surface area contributed by atoms with Crippen LogP contribution in [-0.2, 0) is 4.79 Å². The molecule has 5 atom stereocenters. The van der Waals surface area contributed by atoms with E-state index in [2.05, 4.69) is 43.5 Å². The molecule has 6 bridgehead atoms. The minimum Gasteiger partial charge on any atom is -0.490 e. The molecule has 36 heavy (non-hydrogen) atoms. The van der Waals surface area contributed by atoms with Crippen LogP contribution in [0.5, 0.6) is 5.75 Å². The number of carbonyl (C=O) groups is 1. The van der Waals surface area contributed by atoms with Crippen molar-refractivity contribution in [3.63, 3.8) is 0 Å². The van der Waals surface area contributed by atoms with Crippen molar-refractivity contribution in [2.45, 2.75) is 24.1 Å². The van der Waals surface area contributed by atoms with Gasteiger partial charge in [0.2, 0.25) is 11.9 Å². The third-order valence-electron chi connectivity index (χ3n) is 8.05. The summed E-state index contributed by atoms with van der Waals surface area (Å²) in [5.74, 6) is 1.25. The number of likely N-dealkylation sites (N-methyl/N-ethyl adjacent to an activating group) is 1. The summed E-state index contributed by atoms with van der Waals surface area (Å²) in [6.07, 6.45) is 3.02. The molecule has 2 aliphatic carbocycles. The fourth-order valence-electron chi connectivity index (χ4n) is 6.28. The molecule has 1 aromatic carbocycles. The molecule has 11 heteroatoms. The van der Waals surface area contributed by atoms with Gasteiger partial charge in [-0.05, 0) is 43.9 Å². The number of rotatable bonds is 2. The first-order valence-electron chi connectivity index (χ1n) is 12.6. The van der Waals surface area contributed by atoms with E-state index < -0.39 is 5.82 Å². The normalized spacial score (nSPS) is 29.9. The van der Waals surface area contributed by atoms with Gasteiger partial charge in [-0.3, -0.25) is 4.79 Å². The predicted octanol–water partition coefficient (Wildman–Crippen LogP) is 2.53. The monoisotopic (exact) mass is 513 g/mol. The number of ether oxygens (including phenoxy) is 1. The highest BCUT2D eigenvalue weighted by Gasteiger charge is 2.55. The number of aromatic nitrogens is 2. The van der Waals surface area contributed by atoms with Crippen LogP contribution in [0.2, 0.25) is 0 Å². The lowest BCUT2D eigenvalue weighted by Crippen LogP contribution is -2.46. The van der Waals surface area contributed by atoms with Crippen LogP contribution < -0.4 is 26.0 Å². The number of carbonyl (C=O) groups excluding carboxylic acids is 1. The van der Waals surface area contributed by atoms with E-state index >= 15 is 0 Å². The summed E-state index contributed by atoms with van der Waals surface area (Å²) in [7, 11) is 2.14. The molecular weight excluding hydrogens is 481 g/mol. The molecule has 2 aromatic rings. The van der Waals surface area contributed by atoms with Crippen molar-refractivity contribution < 1.29 is 13.9 Å². The number of hydrogen-bond acceptors (Lipinski definition) is 9. The number of nitrogens with two attached hydrogens (primary N) is 1. The number of thioether (sulfide) groups is 1. The third-order valence-corrected chi connectivity index (χ3v) is 9.42. The van der Waals surface area contributed by atoms with Gasteiger partial charge in [-0.15, -0.1) is 0 Å². The molecule has 4 aliphatic rings. The number of primary amides is 1. The highest BCUT2D eigenvalue weighted by atomic mass is 32.2. The van der Waals surface area contributed by atoms with Gasteiger partial charge < -0.3 is 30.9 Å². The highest BCUT2D eigenvalue weighted by Crippen LogP contribution is 2.53. The molecule has 2 aliphatic heterocycles. The van der Waals surface area contributed by atoms with Crippen LogP contribution >= 0.6 is 11.8 Å². The molecule has 9 nitrogen and oxygen atoms in total. The van der Waals surface area contributed by atoms with Crippen molar-refractivity contribution in [2.24, 2.45) is 23.5 Å². The molecule has 1 amide bonds. The van der Waals surface area contributed by atoms with Crippen molar-refractivity contribution in [3.05, 3.63) is 30.2 Å². The zero-order chi connectivity index (χ0) is 24.8. The Balaban J connectivity index is 1.32. The molecule has 3 fully saturated rings. The zero-order valence-electron chi connectivity index (χ0n) is 20.3. The van der Waals surface area contributed by atoms with Crippen molar-refractivity contribution in [3.8, 4) is 5.75 Å². The number of hydrogen-bond donors (Lipinski definition) is 3. The first-order chi connectivity index (χ1) is 17.5. The summed E-state index contributed by atoms with van der Waals surface area (Å²) in [4.78, 5) is 25.6. The van der Waals surface area contributed by atoms with E-state index in [1.807, 2.05) is 23.9 Å². The van der Waals surface area contributed by atoms with Gasteiger partial charge in [0, 0.05) is 55.0 Å². The molecular formula is C25H32FN7O2S. The van der Waals surface area contributed by atoms with Crippen LogP contribution in [-0.4, -0.2) is 77.7 Å². The Bertz CT molecular complexity index is 1150. The second-order valence-electron chi connectivity index (χ2n) is 10.2. The Morgan fingerprint density at radius 1 is 1.25 bits per heavy atom. The maximum Gasteiger partial charge on any atom is 0.229 e. The standard InChI is InChI=1S/C25H32FN7O2S/c1-32-4-6-33(7-5-32)18-3-2-15-12-19(18)35-8-9-36-20-11-14-10-16(20)22(21(14)23(27)34)30-24-17(26)13-28-25(29-15)31-24/h2-3,12-14,16,20-22H,4-11H2,1H3,(H2,27,34)(H2,28,29,30,31)/t14-,16-,20-,21+,22-/m1/s1. The molecule has 4 N–H and O–H groups in total. The molecule has 6 rings (SSSR count). The van der Waals surface area contributed by atoms with Crippen molar-refractivity contribution in [1.82, 2.24) is 14.9 Å². The molecule has 1 aromatic heterocycles. The van der Waals surface area contributed by atoms with E-state index in [0.717, 1.165) is 68.1 Å². The van der Waals surface area contributed by atoms with Crippen molar-refractivity contribution in [2.75, 3.05) is 61.1 Å². The van der Waals surface area contributed by atoms with Gasteiger partial charge in [0.25, 0.3) is 0 Å². The average molecular weight is 514 g/mol. The van der Waals surface area contributed by atoms with Gasteiger partial charge in [0.05, 0.1) is 24.4 Å². The lowest BCUT2D eigenvalue weighted by atomic mass is 9.83. The minimum absolute atomic E-state index is 0.0976. The fourth-order valence-corrected chi connectivity index (χ4v) is 7.68.